The fourth-order valence-corrected chi connectivity index (χ4v) is 1.64. The number of hydrogen-bond donors (Lipinski definition) is 2. The van der Waals surface area contributed by atoms with Crippen LogP contribution in [0.25, 0.3) is 0 Å². The van der Waals surface area contributed by atoms with Gasteiger partial charge in [0.25, 0.3) is 0 Å². The zero-order valence-corrected chi connectivity index (χ0v) is 15.6. The molecule has 7 heteroatoms. The fraction of sp³-hybridized carbons (Fsp3) is 0.467. The molecule has 1 amide bonds. The quantitative estimate of drug-likeness (QED) is 0.419. The second kappa shape index (κ2) is 11.2. The summed E-state index contributed by atoms with van der Waals surface area (Å²) in [6.07, 6.45) is 0.386. The second-order valence-electron chi connectivity index (χ2n) is 4.75. The number of guanidine groups is 1. The lowest BCUT2D eigenvalue weighted by atomic mass is 10.2. The molecule has 0 unspecified atom stereocenters. The largest absolute Gasteiger partial charge is 0.357 e. The Bertz CT molecular complexity index is 494. The molecule has 0 aliphatic carbocycles. The van der Waals surface area contributed by atoms with Crippen molar-refractivity contribution in [2.24, 2.45) is 4.99 Å². The number of carbonyl (C=O) groups is 1. The topological polar surface area (TPSA) is 56.7 Å². The maximum absolute atomic E-state index is 13.5. The molecular formula is C15H24FIN4O. The van der Waals surface area contributed by atoms with Crippen molar-refractivity contribution in [3.63, 3.8) is 0 Å². The summed E-state index contributed by atoms with van der Waals surface area (Å²) in [6, 6.07) is 6.56. The molecule has 0 aliphatic rings. The third-order valence-corrected chi connectivity index (χ3v) is 2.84. The average molecular weight is 422 g/mol. The predicted molar refractivity (Wildman–Crippen MR) is 97.9 cm³/mol. The van der Waals surface area contributed by atoms with E-state index in [1.165, 1.54) is 6.07 Å². The van der Waals surface area contributed by atoms with Crippen molar-refractivity contribution in [1.29, 1.82) is 0 Å². The van der Waals surface area contributed by atoms with E-state index in [0.29, 0.717) is 31.0 Å². The molecule has 2 N–H and O–H groups in total. The van der Waals surface area contributed by atoms with E-state index in [2.05, 4.69) is 15.6 Å². The van der Waals surface area contributed by atoms with Gasteiger partial charge < -0.3 is 15.5 Å². The molecule has 1 aromatic carbocycles. The second-order valence-corrected chi connectivity index (χ2v) is 4.75. The summed E-state index contributed by atoms with van der Waals surface area (Å²) in [4.78, 5) is 17.3. The lowest BCUT2D eigenvalue weighted by molar-refractivity contribution is -0.128. The van der Waals surface area contributed by atoms with Gasteiger partial charge in [0, 0.05) is 39.2 Å². The van der Waals surface area contributed by atoms with Crippen LogP contribution in [0.5, 0.6) is 0 Å². The van der Waals surface area contributed by atoms with Crippen LogP contribution >= 0.6 is 24.0 Å². The van der Waals surface area contributed by atoms with Crippen LogP contribution in [0.4, 0.5) is 4.39 Å². The Balaban J connectivity index is 0.00000441. The van der Waals surface area contributed by atoms with E-state index in [9.17, 15) is 9.18 Å². The van der Waals surface area contributed by atoms with Crippen LogP contribution in [0.3, 0.4) is 0 Å². The highest BCUT2D eigenvalue weighted by Crippen LogP contribution is 2.07. The molecule has 0 bridgehead atoms. The standard InChI is InChI=1S/C15H23FN4O.HI/c1-4-17-15(18-10-9-14(21)20(2)3)19-11-12-7-5-6-8-13(12)16;/h5-8H,4,9-11H2,1-3H3,(H2,17,18,19);1H. The van der Waals surface area contributed by atoms with Crippen molar-refractivity contribution < 1.29 is 9.18 Å². The van der Waals surface area contributed by atoms with Gasteiger partial charge in [0.05, 0.1) is 6.54 Å². The van der Waals surface area contributed by atoms with Crippen molar-refractivity contribution in [1.82, 2.24) is 15.5 Å². The summed E-state index contributed by atoms with van der Waals surface area (Å²) in [5.41, 5.74) is 0.541. The molecule has 0 saturated heterocycles. The van der Waals surface area contributed by atoms with Crippen molar-refractivity contribution in [2.45, 2.75) is 19.9 Å². The summed E-state index contributed by atoms with van der Waals surface area (Å²) in [5.74, 6) is 0.361. The summed E-state index contributed by atoms with van der Waals surface area (Å²) in [6.45, 7) is 3.39. The maximum Gasteiger partial charge on any atom is 0.223 e. The molecule has 0 saturated carbocycles. The zero-order valence-electron chi connectivity index (χ0n) is 13.2. The van der Waals surface area contributed by atoms with E-state index >= 15 is 0 Å². The Kier molecular flexibility index (Phi) is 10.5. The molecule has 5 nitrogen and oxygen atoms in total. The zero-order chi connectivity index (χ0) is 15.7. The smallest absolute Gasteiger partial charge is 0.223 e. The van der Waals surface area contributed by atoms with Gasteiger partial charge in [-0.05, 0) is 13.0 Å². The molecule has 1 aromatic rings. The molecule has 0 atom stereocenters. The van der Waals surface area contributed by atoms with Gasteiger partial charge in [-0.15, -0.1) is 24.0 Å². The van der Waals surface area contributed by atoms with Crippen molar-refractivity contribution in [3.05, 3.63) is 35.6 Å². The Labute approximate surface area is 148 Å². The summed E-state index contributed by atoms with van der Waals surface area (Å²) in [7, 11) is 3.44. The highest BCUT2D eigenvalue weighted by atomic mass is 127. The van der Waals surface area contributed by atoms with Gasteiger partial charge in [-0.3, -0.25) is 4.79 Å². The summed E-state index contributed by atoms with van der Waals surface area (Å²) < 4.78 is 13.5. The molecule has 0 fully saturated rings. The van der Waals surface area contributed by atoms with Crippen LogP contribution in [-0.4, -0.2) is 44.0 Å². The number of halogens is 2. The monoisotopic (exact) mass is 422 g/mol. The number of carbonyl (C=O) groups excluding carboxylic acids is 1. The molecule has 0 aromatic heterocycles. The van der Waals surface area contributed by atoms with Gasteiger partial charge in [-0.2, -0.15) is 0 Å². The minimum Gasteiger partial charge on any atom is -0.357 e. The molecule has 0 spiro atoms. The Morgan fingerprint density at radius 1 is 1.27 bits per heavy atom. The van der Waals surface area contributed by atoms with E-state index < -0.39 is 0 Å². The van der Waals surface area contributed by atoms with Gasteiger partial charge in [0.2, 0.25) is 5.91 Å². The Morgan fingerprint density at radius 3 is 2.55 bits per heavy atom. The molecule has 0 radical (unpaired) electrons. The van der Waals surface area contributed by atoms with Crippen LogP contribution in [0.1, 0.15) is 18.9 Å². The number of hydrogen-bond acceptors (Lipinski definition) is 2. The van der Waals surface area contributed by atoms with Crippen LogP contribution in [0.15, 0.2) is 29.3 Å². The lowest BCUT2D eigenvalue weighted by Gasteiger charge is -2.13. The maximum atomic E-state index is 13.5. The highest BCUT2D eigenvalue weighted by Gasteiger charge is 2.05. The minimum absolute atomic E-state index is 0. The van der Waals surface area contributed by atoms with E-state index in [0.717, 1.165) is 0 Å². The molecule has 0 heterocycles. The minimum atomic E-state index is -0.264. The average Bonchev–Trinajstić information content (AvgIpc) is 2.45. The first kappa shape index (κ1) is 20.6. The van der Waals surface area contributed by atoms with E-state index in [1.807, 2.05) is 6.92 Å². The number of benzene rings is 1. The summed E-state index contributed by atoms with van der Waals surface area (Å²) in [5, 5.41) is 6.13. The first-order valence-electron chi connectivity index (χ1n) is 7.00. The molecular weight excluding hydrogens is 398 g/mol. The van der Waals surface area contributed by atoms with Gasteiger partial charge in [-0.25, -0.2) is 9.38 Å². The highest BCUT2D eigenvalue weighted by molar-refractivity contribution is 14.0. The lowest BCUT2D eigenvalue weighted by Crippen LogP contribution is -2.39. The number of amides is 1. The van der Waals surface area contributed by atoms with E-state index in [-0.39, 0.29) is 42.2 Å². The third kappa shape index (κ3) is 7.58. The number of nitrogens with one attached hydrogen (secondary N) is 2. The summed E-state index contributed by atoms with van der Waals surface area (Å²) >= 11 is 0. The molecule has 0 aliphatic heterocycles. The SMILES string of the molecule is CCNC(=NCc1ccccc1F)NCCC(=O)N(C)C.I. The van der Waals surface area contributed by atoms with Gasteiger partial charge in [-0.1, -0.05) is 18.2 Å². The van der Waals surface area contributed by atoms with Crippen LogP contribution < -0.4 is 10.6 Å². The number of rotatable bonds is 6. The number of nitrogens with zero attached hydrogens (tertiary/aromatic N) is 2. The Morgan fingerprint density at radius 2 is 1.95 bits per heavy atom. The van der Waals surface area contributed by atoms with Crippen LogP contribution in [0.2, 0.25) is 0 Å². The van der Waals surface area contributed by atoms with E-state index in [4.69, 9.17) is 0 Å². The first-order chi connectivity index (χ1) is 10.0. The molecule has 1 rings (SSSR count). The van der Waals surface area contributed by atoms with Crippen LogP contribution in [0, 0.1) is 5.82 Å². The third-order valence-electron chi connectivity index (χ3n) is 2.84. The molecule has 22 heavy (non-hydrogen) atoms. The predicted octanol–water partition coefficient (Wildman–Crippen LogP) is 1.98. The van der Waals surface area contributed by atoms with Crippen molar-refractivity contribution in [3.8, 4) is 0 Å². The van der Waals surface area contributed by atoms with Crippen molar-refractivity contribution in [2.75, 3.05) is 27.2 Å². The van der Waals surface area contributed by atoms with Gasteiger partial charge in [0.1, 0.15) is 5.82 Å². The van der Waals surface area contributed by atoms with Crippen molar-refractivity contribution >= 4 is 35.8 Å². The first-order valence-corrected chi connectivity index (χ1v) is 7.00. The normalized spacial score (nSPS) is 10.6. The van der Waals surface area contributed by atoms with Gasteiger partial charge in [0.15, 0.2) is 5.96 Å². The van der Waals surface area contributed by atoms with E-state index in [1.54, 1.807) is 37.2 Å². The van der Waals surface area contributed by atoms with Crippen LogP contribution in [-0.2, 0) is 11.3 Å². The molecule has 124 valence electrons. The van der Waals surface area contributed by atoms with Gasteiger partial charge >= 0.3 is 0 Å². The fourth-order valence-electron chi connectivity index (χ4n) is 1.64. The number of aliphatic imine (C=N–C) groups is 1. The Hall–Kier alpha value is -1.38.